The monoisotopic (exact) mass is 274 g/mol. The summed E-state index contributed by atoms with van der Waals surface area (Å²) in [6.07, 6.45) is 11.3. The van der Waals surface area contributed by atoms with Gasteiger partial charge in [-0.3, -0.25) is 0 Å². The fourth-order valence-corrected chi connectivity index (χ4v) is 1.89. The van der Waals surface area contributed by atoms with E-state index in [2.05, 4.69) is 6.92 Å². The first kappa shape index (κ1) is 18.9. The normalized spacial score (nSPS) is 12.0. The summed E-state index contributed by atoms with van der Waals surface area (Å²) in [5.41, 5.74) is -0.254. The number of hydrogen-bond acceptors (Lipinski definition) is 3. The van der Waals surface area contributed by atoms with E-state index in [9.17, 15) is 0 Å². The van der Waals surface area contributed by atoms with Crippen LogP contribution in [0.25, 0.3) is 0 Å². The molecule has 3 heteroatoms. The minimum atomic E-state index is -0.254. The zero-order valence-corrected chi connectivity index (χ0v) is 13.5. The number of rotatable bonds is 14. The van der Waals surface area contributed by atoms with E-state index in [1.165, 1.54) is 44.9 Å². The lowest BCUT2D eigenvalue weighted by Gasteiger charge is -2.22. The van der Waals surface area contributed by atoms with Crippen LogP contribution in [0.4, 0.5) is 0 Å². The molecule has 19 heavy (non-hydrogen) atoms. The van der Waals surface area contributed by atoms with Crippen molar-refractivity contribution in [3.63, 3.8) is 0 Å². The maximum atomic E-state index is 5.41. The molecule has 0 saturated heterocycles. The summed E-state index contributed by atoms with van der Waals surface area (Å²) in [7, 11) is 1.71. The van der Waals surface area contributed by atoms with Crippen molar-refractivity contribution in [2.75, 3.05) is 20.3 Å². The van der Waals surface area contributed by atoms with Crippen molar-refractivity contribution in [3.8, 4) is 0 Å². The van der Waals surface area contributed by atoms with Crippen LogP contribution in [0.1, 0.15) is 78.6 Å². The molecule has 0 N–H and O–H groups in total. The van der Waals surface area contributed by atoms with Crippen molar-refractivity contribution in [1.82, 2.24) is 0 Å². The summed E-state index contributed by atoms with van der Waals surface area (Å²) in [5, 5.41) is 0. The van der Waals surface area contributed by atoms with Gasteiger partial charge in [0.1, 0.15) is 5.60 Å². The highest BCUT2D eigenvalue weighted by Crippen LogP contribution is 2.15. The standard InChI is InChI=1S/C16H34O3/c1-5-6-7-8-9-10-11-12-14-18-19-16(2,3)13-15-17-4/h5-15H2,1-4H3. The van der Waals surface area contributed by atoms with Gasteiger partial charge in [-0.05, 0) is 20.3 Å². The summed E-state index contributed by atoms with van der Waals surface area (Å²) >= 11 is 0. The molecule has 0 aromatic rings. The Balaban J connectivity index is 3.21. The van der Waals surface area contributed by atoms with Crippen LogP contribution in [0.15, 0.2) is 0 Å². The summed E-state index contributed by atoms with van der Waals surface area (Å²) in [6.45, 7) is 7.71. The van der Waals surface area contributed by atoms with Crippen molar-refractivity contribution in [3.05, 3.63) is 0 Å². The van der Waals surface area contributed by atoms with Crippen LogP contribution in [0.5, 0.6) is 0 Å². The van der Waals surface area contributed by atoms with E-state index in [1.807, 2.05) is 13.8 Å². The average molecular weight is 274 g/mol. The third-order valence-corrected chi connectivity index (χ3v) is 3.27. The Kier molecular flexibility index (Phi) is 12.8. The van der Waals surface area contributed by atoms with Gasteiger partial charge in [-0.15, -0.1) is 0 Å². The Bertz CT molecular complexity index is 181. The third-order valence-electron chi connectivity index (χ3n) is 3.27. The van der Waals surface area contributed by atoms with E-state index in [-0.39, 0.29) is 5.60 Å². The summed E-state index contributed by atoms with van der Waals surface area (Å²) in [5.74, 6) is 0. The van der Waals surface area contributed by atoms with Gasteiger partial charge in [-0.2, -0.15) is 0 Å². The topological polar surface area (TPSA) is 27.7 Å². The molecule has 0 amide bonds. The molecule has 0 heterocycles. The number of unbranched alkanes of at least 4 members (excludes halogenated alkanes) is 7. The molecule has 0 aliphatic carbocycles. The van der Waals surface area contributed by atoms with E-state index in [1.54, 1.807) is 7.11 Å². The fraction of sp³-hybridized carbons (Fsp3) is 1.00. The first-order valence-electron chi connectivity index (χ1n) is 7.92. The Morgan fingerprint density at radius 3 is 1.95 bits per heavy atom. The zero-order valence-electron chi connectivity index (χ0n) is 13.5. The Labute approximate surface area is 119 Å². The quantitative estimate of drug-likeness (QED) is 0.256. The fourth-order valence-electron chi connectivity index (χ4n) is 1.89. The highest BCUT2D eigenvalue weighted by Gasteiger charge is 2.19. The molecule has 0 aromatic heterocycles. The van der Waals surface area contributed by atoms with Gasteiger partial charge in [0.05, 0.1) is 6.61 Å². The van der Waals surface area contributed by atoms with E-state index in [0.29, 0.717) is 13.2 Å². The molecule has 0 radical (unpaired) electrons. The Morgan fingerprint density at radius 2 is 1.37 bits per heavy atom. The molecular formula is C16H34O3. The van der Waals surface area contributed by atoms with Gasteiger partial charge >= 0.3 is 0 Å². The molecule has 116 valence electrons. The van der Waals surface area contributed by atoms with E-state index in [0.717, 1.165) is 12.8 Å². The Morgan fingerprint density at radius 1 is 0.789 bits per heavy atom. The smallest absolute Gasteiger partial charge is 0.100 e. The Hall–Kier alpha value is -0.120. The van der Waals surface area contributed by atoms with Crippen LogP contribution in [0.2, 0.25) is 0 Å². The van der Waals surface area contributed by atoms with Crippen LogP contribution >= 0.6 is 0 Å². The first-order chi connectivity index (χ1) is 9.12. The molecule has 0 atom stereocenters. The van der Waals surface area contributed by atoms with Gasteiger partial charge in [-0.25, -0.2) is 9.78 Å². The third kappa shape index (κ3) is 14.1. The summed E-state index contributed by atoms with van der Waals surface area (Å²) in [4.78, 5) is 10.7. The van der Waals surface area contributed by atoms with Crippen LogP contribution < -0.4 is 0 Å². The first-order valence-corrected chi connectivity index (χ1v) is 7.92. The summed E-state index contributed by atoms with van der Waals surface area (Å²) in [6, 6.07) is 0. The largest absolute Gasteiger partial charge is 0.385 e. The van der Waals surface area contributed by atoms with Crippen LogP contribution in [0.3, 0.4) is 0 Å². The lowest BCUT2D eigenvalue weighted by atomic mass is 10.1. The molecule has 0 rings (SSSR count). The van der Waals surface area contributed by atoms with Gasteiger partial charge in [-0.1, -0.05) is 51.9 Å². The molecule has 0 saturated carbocycles. The molecule has 0 unspecified atom stereocenters. The highest BCUT2D eigenvalue weighted by molar-refractivity contribution is 4.65. The van der Waals surface area contributed by atoms with Crippen LogP contribution in [-0.4, -0.2) is 25.9 Å². The van der Waals surface area contributed by atoms with Crippen molar-refractivity contribution >= 4 is 0 Å². The minimum Gasteiger partial charge on any atom is -0.385 e. The van der Waals surface area contributed by atoms with E-state index in [4.69, 9.17) is 14.5 Å². The van der Waals surface area contributed by atoms with Gasteiger partial charge < -0.3 is 4.74 Å². The maximum Gasteiger partial charge on any atom is 0.100 e. The minimum absolute atomic E-state index is 0.254. The summed E-state index contributed by atoms with van der Waals surface area (Å²) < 4.78 is 5.04. The highest BCUT2D eigenvalue weighted by atomic mass is 17.2. The second kappa shape index (κ2) is 12.9. The number of methoxy groups -OCH3 is 1. The lowest BCUT2D eigenvalue weighted by Crippen LogP contribution is -2.26. The van der Waals surface area contributed by atoms with Crippen molar-refractivity contribution in [1.29, 1.82) is 0 Å². The second-order valence-electron chi connectivity index (χ2n) is 5.88. The SMILES string of the molecule is CCCCCCCCCCOOC(C)(C)CCOC. The van der Waals surface area contributed by atoms with Crippen molar-refractivity contribution in [2.24, 2.45) is 0 Å². The van der Waals surface area contributed by atoms with Gasteiger partial charge in [0.2, 0.25) is 0 Å². The predicted octanol–water partition coefficient (Wildman–Crippen LogP) is 4.89. The van der Waals surface area contributed by atoms with Crippen LogP contribution in [-0.2, 0) is 14.5 Å². The zero-order chi connectivity index (χ0) is 14.4. The maximum absolute atomic E-state index is 5.41. The molecule has 0 fully saturated rings. The number of hydrogen-bond donors (Lipinski definition) is 0. The number of ether oxygens (including phenoxy) is 1. The molecule has 0 aliphatic heterocycles. The predicted molar refractivity (Wildman–Crippen MR) is 80.2 cm³/mol. The van der Waals surface area contributed by atoms with Gasteiger partial charge in [0, 0.05) is 20.1 Å². The molecular weight excluding hydrogens is 240 g/mol. The van der Waals surface area contributed by atoms with Gasteiger partial charge in [0.25, 0.3) is 0 Å². The van der Waals surface area contributed by atoms with Crippen molar-refractivity contribution in [2.45, 2.75) is 84.2 Å². The lowest BCUT2D eigenvalue weighted by molar-refractivity contribution is -0.355. The van der Waals surface area contributed by atoms with Crippen molar-refractivity contribution < 1.29 is 14.5 Å². The molecule has 0 bridgehead atoms. The van der Waals surface area contributed by atoms with Gasteiger partial charge in [0.15, 0.2) is 0 Å². The molecule has 0 aromatic carbocycles. The van der Waals surface area contributed by atoms with E-state index >= 15 is 0 Å². The van der Waals surface area contributed by atoms with Crippen LogP contribution in [0, 0.1) is 0 Å². The van der Waals surface area contributed by atoms with E-state index < -0.39 is 0 Å². The molecule has 0 spiro atoms. The second-order valence-corrected chi connectivity index (χ2v) is 5.88. The molecule has 0 aliphatic rings. The molecule has 3 nitrogen and oxygen atoms in total. The average Bonchev–Trinajstić information content (AvgIpc) is 2.38.